The lowest BCUT2D eigenvalue weighted by Gasteiger charge is -2.09. The molecule has 0 saturated heterocycles. The summed E-state index contributed by atoms with van der Waals surface area (Å²) < 4.78 is 39.8. The zero-order valence-corrected chi connectivity index (χ0v) is 10.5. The minimum Gasteiger partial charge on any atom is -0.204 e. The number of thiophene rings is 1. The topological polar surface area (TPSA) is 0 Å². The Kier molecular flexibility index (Phi) is 3.66. The van der Waals surface area contributed by atoms with Gasteiger partial charge in [0.25, 0.3) is 0 Å². The summed E-state index contributed by atoms with van der Waals surface area (Å²) in [7, 11) is 0. The molecule has 0 N–H and O–H groups in total. The Hall–Kier alpha value is -0.710. The van der Waals surface area contributed by atoms with Crippen LogP contribution in [-0.4, -0.2) is 0 Å². The molecule has 1 atom stereocenters. The summed E-state index contributed by atoms with van der Waals surface area (Å²) in [5.41, 5.74) is -0.107. The summed E-state index contributed by atoms with van der Waals surface area (Å²) in [6, 6.07) is 5.19. The normalized spacial score (nSPS) is 12.8. The second kappa shape index (κ2) is 4.88. The molecule has 0 aliphatic heterocycles. The predicted molar refractivity (Wildman–Crippen MR) is 63.3 cm³/mol. The van der Waals surface area contributed by atoms with Gasteiger partial charge in [-0.05, 0) is 18.2 Å². The molecule has 90 valence electrons. The summed E-state index contributed by atoms with van der Waals surface area (Å²) in [5, 5.41) is -0.886. The number of halogens is 5. The Balaban J connectivity index is 2.44. The second-order valence-electron chi connectivity index (χ2n) is 3.27. The van der Waals surface area contributed by atoms with Gasteiger partial charge in [-0.2, -0.15) is 0 Å². The minimum absolute atomic E-state index is 0.107. The van der Waals surface area contributed by atoms with Gasteiger partial charge in [0.05, 0.1) is 9.71 Å². The van der Waals surface area contributed by atoms with E-state index in [1.165, 1.54) is 0 Å². The molecule has 1 unspecified atom stereocenters. The zero-order chi connectivity index (χ0) is 12.6. The van der Waals surface area contributed by atoms with Crippen LogP contribution < -0.4 is 0 Å². The molecular formula is C11H5Cl2F3S. The fourth-order valence-electron chi connectivity index (χ4n) is 1.35. The largest absolute Gasteiger partial charge is 0.204 e. The maximum atomic E-state index is 13.5. The molecule has 0 fully saturated rings. The third-order valence-electron chi connectivity index (χ3n) is 2.18. The monoisotopic (exact) mass is 296 g/mol. The molecule has 0 aliphatic rings. The van der Waals surface area contributed by atoms with Crippen LogP contribution in [0.15, 0.2) is 24.3 Å². The Bertz CT molecular complexity index is 554. The van der Waals surface area contributed by atoms with Crippen molar-refractivity contribution in [3.8, 4) is 0 Å². The zero-order valence-electron chi connectivity index (χ0n) is 8.18. The first-order valence-electron chi connectivity index (χ1n) is 4.53. The molecule has 0 amide bonds. The van der Waals surface area contributed by atoms with Crippen molar-refractivity contribution in [3.63, 3.8) is 0 Å². The van der Waals surface area contributed by atoms with Crippen molar-refractivity contribution in [3.05, 3.63) is 56.5 Å². The van der Waals surface area contributed by atoms with Gasteiger partial charge in [0.2, 0.25) is 0 Å². The van der Waals surface area contributed by atoms with Gasteiger partial charge < -0.3 is 0 Å². The Morgan fingerprint density at radius 2 is 1.71 bits per heavy atom. The van der Waals surface area contributed by atoms with Crippen molar-refractivity contribution in [2.45, 2.75) is 5.38 Å². The first kappa shape index (κ1) is 12.7. The van der Waals surface area contributed by atoms with E-state index in [9.17, 15) is 13.2 Å². The molecule has 2 aromatic rings. The summed E-state index contributed by atoms with van der Waals surface area (Å²) in [5.74, 6) is -4.02. The highest BCUT2D eigenvalue weighted by molar-refractivity contribution is 7.16. The van der Waals surface area contributed by atoms with Crippen LogP contribution in [0.3, 0.4) is 0 Å². The lowest BCUT2D eigenvalue weighted by Crippen LogP contribution is -2.00. The summed E-state index contributed by atoms with van der Waals surface area (Å²) in [4.78, 5) is 0.571. The Labute approximate surface area is 110 Å². The minimum atomic E-state index is -1.52. The molecule has 0 bridgehead atoms. The van der Waals surface area contributed by atoms with Gasteiger partial charge in [-0.15, -0.1) is 22.9 Å². The third-order valence-corrected chi connectivity index (χ3v) is 4.08. The maximum Gasteiger partial charge on any atom is 0.194 e. The van der Waals surface area contributed by atoms with Crippen LogP contribution in [0.5, 0.6) is 0 Å². The van der Waals surface area contributed by atoms with Crippen LogP contribution in [-0.2, 0) is 0 Å². The predicted octanol–water partition coefficient (Wildman–Crippen LogP) is 5.15. The number of hydrogen-bond acceptors (Lipinski definition) is 1. The van der Waals surface area contributed by atoms with Gasteiger partial charge in [0, 0.05) is 10.4 Å². The lowest BCUT2D eigenvalue weighted by molar-refractivity contribution is 0.441. The highest BCUT2D eigenvalue weighted by Gasteiger charge is 2.21. The highest BCUT2D eigenvalue weighted by Crippen LogP contribution is 2.37. The molecule has 0 radical (unpaired) electrons. The molecule has 0 aliphatic carbocycles. The van der Waals surface area contributed by atoms with Gasteiger partial charge in [0.15, 0.2) is 17.5 Å². The van der Waals surface area contributed by atoms with Crippen molar-refractivity contribution >= 4 is 34.5 Å². The fraction of sp³-hybridized carbons (Fsp3) is 0.0909. The first-order valence-corrected chi connectivity index (χ1v) is 6.16. The number of benzene rings is 1. The number of hydrogen-bond donors (Lipinski definition) is 0. The molecule has 1 aromatic heterocycles. The first-order chi connectivity index (χ1) is 8.00. The van der Waals surface area contributed by atoms with Crippen LogP contribution in [0.1, 0.15) is 15.8 Å². The van der Waals surface area contributed by atoms with E-state index in [1.54, 1.807) is 12.1 Å². The van der Waals surface area contributed by atoms with E-state index in [-0.39, 0.29) is 5.56 Å². The summed E-state index contributed by atoms with van der Waals surface area (Å²) in [6.07, 6.45) is 0. The molecule has 6 heteroatoms. The van der Waals surface area contributed by atoms with E-state index in [1.807, 2.05) is 0 Å². The van der Waals surface area contributed by atoms with Crippen molar-refractivity contribution in [1.82, 2.24) is 0 Å². The van der Waals surface area contributed by atoms with E-state index in [0.717, 1.165) is 23.5 Å². The SMILES string of the molecule is Fc1ccc(C(Cl)c2ccc(Cl)s2)c(F)c1F. The summed E-state index contributed by atoms with van der Waals surface area (Å²) in [6.45, 7) is 0. The lowest BCUT2D eigenvalue weighted by atomic mass is 10.1. The molecular weight excluding hydrogens is 292 g/mol. The standard InChI is InChI=1S/C11H5Cl2F3S/c12-8-4-3-7(17-8)9(13)5-1-2-6(14)11(16)10(5)15/h1-4,9H. The molecule has 17 heavy (non-hydrogen) atoms. The van der Waals surface area contributed by atoms with E-state index in [2.05, 4.69) is 0 Å². The van der Waals surface area contributed by atoms with Crippen molar-refractivity contribution in [2.24, 2.45) is 0 Å². The Morgan fingerprint density at radius 1 is 1.00 bits per heavy atom. The average molecular weight is 297 g/mol. The van der Waals surface area contributed by atoms with Gasteiger partial charge >= 0.3 is 0 Å². The van der Waals surface area contributed by atoms with Gasteiger partial charge in [0.1, 0.15) is 0 Å². The molecule has 1 heterocycles. The smallest absolute Gasteiger partial charge is 0.194 e. The maximum absolute atomic E-state index is 13.5. The van der Waals surface area contributed by atoms with Gasteiger partial charge in [-0.25, -0.2) is 13.2 Å². The molecule has 2 rings (SSSR count). The summed E-state index contributed by atoms with van der Waals surface area (Å²) >= 11 is 12.9. The van der Waals surface area contributed by atoms with E-state index in [4.69, 9.17) is 23.2 Å². The molecule has 1 aromatic carbocycles. The van der Waals surface area contributed by atoms with Crippen molar-refractivity contribution < 1.29 is 13.2 Å². The van der Waals surface area contributed by atoms with Gasteiger partial charge in [-0.1, -0.05) is 17.7 Å². The van der Waals surface area contributed by atoms with Crippen LogP contribution >= 0.6 is 34.5 Å². The van der Waals surface area contributed by atoms with Crippen LogP contribution in [0, 0.1) is 17.5 Å². The quantitative estimate of drug-likeness (QED) is 0.531. The van der Waals surface area contributed by atoms with E-state index >= 15 is 0 Å². The fourth-order valence-corrected chi connectivity index (χ4v) is 2.79. The van der Waals surface area contributed by atoms with Crippen LogP contribution in [0.25, 0.3) is 0 Å². The second-order valence-corrected chi connectivity index (χ2v) is 5.45. The Morgan fingerprint density at radius 3 is 2.29 bits per heavy atom. The molecule has 0 saturated carbocycles. The van der Waals surface area contributed by atoms with E-state index in [0.29, 0.717) is 9.21 Å². The molecule has 0 spiro atoms. The van der Waals surface area contributed by atoms with Crippen LogP contribution in [0.2, 0.25) is 4.34 Å². The van der Waals surface area contributed by atoms with Crippen molar-refractivity contribution in [2.75, 3.05) is 0 Å². The number of rotatable bonds is 2. The van der Waals surface area contributed by atoms with E-state index < -0.39 is 22.8 Å². The molecule has 0 nitrogen and oxygen atoms in total. The van der Waals surface area contributed by atoms with Gasteiger partial charge in [-0.3, -0.25) is 0 Å². The highest BCUT2D eigenvalue weighted by atomic mass is 35.5. The third kappa shape index (κ3) is 2.44. The van der Waals surface area contributed by atoms with Crippen LogP contribution in [0.4, 0.5) is 13.2 Å². The van der Waals surface area contributed by atoms with Crippen molar-refractivity contribution in [1.29, 1.82) is 0 Å². The average Bonchev–Trinajstić information content (AvgIpc) is 2.72. The number of alkyl halides is 1.